The fourth-order valence-electron chi connectivity index (χ4n) is 1.01. The normalized spacial score (nSPS) is 15.4. The number of hydrogen-bond donors (Lipinski definition) is 1. The highest BCUT2D eigenvalue weighted by atomic mass is 19.4. The molecule has 1 atom stereocenters. The number of nitrogens with two attached hydrogens (primary N) is 1. The summed E-state index contributed by atoms with van der Waals surface area (Å²) in [4.78, 5) is 3.71. The lowest BCUT2D eigenvalue weighted by molar-refractivity contribution is -0.137. The Hall–Kier alpha value is -1.30. The fourth-order valence-corrected chi connectivity index (χ4v) is 1.01. The zero-order valence-corrected chi connectivity index (χ0v) is 9.71. The molecule has 0 radical (unpaired) electrons. The Labute approximate surface area is 97.8 Å². The molecule has 0 saturated carbocycles. The van der Waals surface area contributed by atoms with Gasteiger partial charge in [-0.2, -0.15) is 13.2 Å². The van der Waals surface area contributed by atoms with E-state index in [4.69, 9.17) is 10.5 Å². The molecule has 3 nitrogen and oxygen atoms in total. The summed E-state index contributed by atoms with van der Waals surface area (Å²) < 4.78 is 42.4. The van der Waals surface area contributed by atoms with Crippen LogP contribution in [0.4, 0.5) is 13.2 Å². The number of aromatic nitrogens is 1. The van der Waals surface area contributed by atoms with Crippen molar-refractivity contribution in [3.63, 3.8) is 0 Å². The first-order valence-corrected chi connectivity index (χ1v) is 5.19. The molecule has 0 bridgehead atoms. The van der Waals surface area contributed by atoms with E-state index in [1.54, 1.807) is 6.92 Å². The van der Waals surface area contributed by atoms with Gasteiger partial charge in [0.15, 0.2) is 0 Å². The summed E-state index contributed by atoms with van der Waals surface area (Å²) in [6.07, 6.45) is -2.66. The summed E-state index contributed by atoms with van der Waals surface area (Å²) in [5.74, 6) is -0.0649. The second kappa shape index (κ2) is 4.91. The second-order valence-electron chi connectivity index (χ2n) is 4.18. The standard InChI is InChI=1S/C11H15F3N2O/c1-3-10(2,15)7-17-9-6-8(4-5-16-9)11(12,13)14/h4-6H,3,7,15H2,1-2H3. The van der Waals surface area contributed by atoms with Crippen molar-refractivity contribution in [3.05, 3.63) is 23.9 Å². The first kappa shape index (κ1) is 13.8. The molecule has 6 heteroatoms. The first-order chi connectivity index (χ1) is 7.74. The Kier molecular flexibility index (Phi) is 3.98. The van der Waals surface area contributed by atoms with Crippen molar-refractivity contribution in [2.24, 2.45) is 5.73 Å². The van der Waals surface area contributed by atoms with Gasteiger partial charge in [-0.05, 0) is 19.4 Å². The van der Waals surface area contributed by atoms with Crippen molar-refractivity contribution in [3.8, 4) is 5.88 Å². The average Bonchev–Trinajstić information content (AvgIpc) is 2.26. The van der Waals surface area contributed by atoms with E-state index in [2.05, 4.69) is 4.98 Å². The third-order valence-corrected chi connectivity index (χ3v) is 2.42. The number of hydrogen-bond acceptors (Lipinski definition) is 3. The molecular formula is C11H15F3N2O. The Morgan fingerprint density at radius 3 is 2.59 bits per heavy atom. The zero-order valence-electron chi connectivity index (χ0n) is 9.71. The minimum atomic E-state index is -4.39. The molecule has 1 rings (SSSR count). The van der Waals surface area contributed by atoms with Gasteiger partial charge in [-0.3, -0.25) is 0 Å². The predicted molar refractivity (Wildman–Crippen MR) is 57.6 cm³/mol. The van der Waals surface area contributed by atoms with Gasteiger partial charge in [-0.15, -0.1) is 0 Å². The molecule has 1 aromatic rings. The highest BCUT2D eigenvalue weighted by Crippen LogP contribution is 2.30. The first-order valence-electron chi connectivity index (χ1n) is 5.19. The van der Waals surface area contributed by atoms with Crippen molar-refractivity contribution in [2.45, 2.75) is 32.0 Å². The minimum absolute atomic E-state index is 0.0649. The largest absolute Gasteiger partial charge is 0.476 e. The molecule has 17 heavy (non-hydrogen) atoms. The third-order valence-electron chi connectivity index (χ3n) is 2.42. The molecular weight excluding hydrogens is 233 g/mol. The van der Waals surface area contributed by atoms with E-state index in [0.29, 0.717) is 6.42 Å². The summed E-state index contributed by atoms with van der Waals surface area (Å²) in [5, 5.41) is 0. The van der Waals surface area contributed by atoms with E-state index >= 15 is 0 Å². The highest BCUT2D eigenvalue weighted by molar-refractivity contribution is 5.23. The molecule has 0 fully saturated rings. The molecule has 0 amide bonds. The van der Waals surface area contributed by atoms with Crippen LogP contribution in [-0.2, 0) is 6.18 Å². The van der Waals surface area contributed by atoms with Crippen LogP contribution in [0.1, 0.15) is 25.8 Å². The van der Waals surface area contributed by atoms with E-state index < -0.39 is 17.3 Å². The van der Waals surface area contributed by atoms with Crippen LogP contribution in [-0.4, -0.2) is 17.1 Å². The lowest BCUT2D eigenvalue weighted by atomic mass is 10.0. The van der Waals surface area contributed by atoms with Gasteiger partial charge >= 0.3 is 6.18 Å². The molecule has 0 spiro atoms. The van der Waals surface area contributed by atoms with Crippen LogP contribution in [0.5, 0.6) is 5.88 Å². The van der Waals surface area contributed by atoms with Crippen molar-refractivity contribution < 1.29 is 17.9 Å². The number of nitrogens with zero attached hydrogens (tertiary/aromatic N) is 1. The van der Waals surface area contributed by atoms with Crippen LogP contribution in [0.15, 0.2) is 18.3 Å². The van der Waals surface area contributed by atoms with Crippen molar-refractivity contribution >= 4 is 0 Å². The van der Waals surface area contributed by atoms with Crippen LogP contribution < -0.4 is 10.5 Å². The second-order valence-corrected chi connectivity index (χ2v) is 4.18. The van der Waals surface area contributed by atoms with E-state index in [0.717, 1.165) is 18.3 Å². The molecule has 1 heterocycles. The molecule has 0 saturated heterocycles. The van der Waals surface area contributed by atoms with E-state index in [1.807, 2.05) is 6.92 Å². The molecule has 0 aliphatic carbocycles. The summed E-state index contributed by atoms with van der Waals surface area (Å²) >= 11 is 0. The Bertz CT molecular complexity index is 377. The van der Waals surface area contributed by atoms with E-state index in [-0.39, 0.29) is 12.5 Å². The maximum absolute atomic E-state index is 12.4. The topological polar surface area (TPSA) is 48.1 Å². The Balaban J connectivity index is 2.74. The van der Waals surface area contributed by atoms with Crippen LogP contribution in [0.25, 0.3) is 0 Å². The number of ether oxygens (including phenoxy) is 1. The van der Waals surface area contributed by atoms with Gasteiger partial charge in [0.1, 0.15) is 6.61 Å². The monoisotopic (exact) mass is 248 g/mol. The number of halogens is 3. The molecule has 2 N–H and O–H groups in total. The summed E-state index contributed by atoms with van der Waals surface area (Å²) in [7, 11) is 0. The van der Waals surface area contributed by atoms with Gasteiger partial charge in [0, 0.05) is 17.8 Å². The number of rotatable bonds is 4. The fraction of sp³-hybridized carbons (Fsp3) is 0.545. The minimum Gasteiger partial charge on any atom is -0.476 e. The quantitative estimate of drug-likeness (QED) is 0.891. The van der Waals surface area contributed by atoms with Crippen molar-refractivity contribution in [1.29, 1.82) is 0 Å². The SMILES string of the molecule is CCC(C)(N)COc1cc(C(F)(F)F)ccn1. The maximum atomic E-state index is 12.4. The van der Waals surface area contributed by atoms with E-state index in [9.17, 15) is 13.2 Å². The van der Waals surface area contributed by atoms with Gasteiger partial charge in [-0.25, -0.2) is 4.98 Å². The molecule has 1 aromatic heterocycles. The smallest absolute Gasteiger partial charge is 0.416 e. The van der Waals surface area contributed by atoms with Crippen LogP contribution in [0, 0.1) is 0 Å². The Morgan fingerprint density at radius 2 is 2.06 bits per heavy atom. The van der Waals surface area contributed by atoms with Crippen LogP contribution in [0.2, 0.25) is 0 Å². The van der Waals surface area contributed by atoms with Gasteiger partial charge < -0.3 is 10.5 Å². The van der Waals surface area contributed by atoms with Gasteiger partial charge in [0.2, 0.25) is 5.88 Å². The van der Waals surface area contributed by atoms with E-state index in [1.165, 1.54) is 0 Å². The van der Waals surface area contributed by atoms with Crippen LogP contribution >= 0.6 is 0 Å². The molecule has 0 aromatic carbocycles. The van der Waals surface area contributed by atoms with Crippen molar-refractivity contribution in [1.82, 2.24) is 4.98 Å². The van der Waals surface area contributed by atoms with Crippen molar-refractivity contribution in [2.75, 3.05) is 6.61 Å². The lowest BCUT2D eigenvalue weighted by Gasteiger charge is -2.22. The molecule has 0 aliphatic rings. The lowest BCUT2D eigenvalue weighted by Crippen LogP contribution is -2.41. The summed E-state index contributed by atoms with van der Waals surface area (Å²) in [5.41, 5.74) is 4.46. The number of alkyl halides is 3. The molecule has 0 aliphatic heterocycles. The predicted octanol–water partition coefficient (Wildman–Crippen LogP) is 2.61. The molecule has 96 valence electrons. The average molecular weight is 248 g/mol. The maximum Gasteiger partial charge on any atom is 0.416 e. The van der Waals surface area contributed by atoms with Gasteiger partial charge in [0.05, 0.1) is 5.56 Å². The highest BCUT2D eigenvalue weighted by Gasteiger charge is 2.31. The Morgan fingerprint density at radius 1 is 1.41 bits per heavy atom. The number of pyridine rings is 1. The summed E-state index contributed by atoms with van der Waals surface area (Å²) in [6, 6.07) is 1.76. The van der Waals surface area contributed by atoms with Gasteiger partial charge in [0.25, 0.3) is 0 Å². The third kappa shape index (κ3) is 4.22. The zero-order chi connectivity index (χ0) is 13.1. The summed E-state index contributed by atoms with van der Waals surface area (Å²) in [6.45, 7) is 3.77. The van der Waals surface area contributed by atoms with Crippen LogP contribution in [0.3, 0.4) is 0 Å². The van der Waals surface area contributed by atoms with Gasteiger partial charge in [-0.1, -0.05) is 6.92 Å². The molecule has 1 unspecified atom stereocenters.